The minimum atomic E-state index is -0.0563. The number of aryl methyl sites for hydroxylation is 3. The Labute approximate surface area is 137 Å². The van der Waals surface area contributed by atoms with Crippen molar-refractivity contribution >= 4 is 0 Å². The number of hydrogen-bond acceptors (Lipinski definition) is 1. The van der Waals surface area contributed by atoms with Gasteiger partial charge in [0, 0.05) is 0 Å². The van der Waals surface area contributed by atoms with Crippen LogP contribution < -0.4 is 0 Å². The van der Waals surface area contributed by atoms with Gasteiger partial charge in [0.05, 0.1) is 11.6 Å². The van der Waals surface area contributed by atoms with E-state index in [2.05, 4.69) is 12.1 Å². The molecule has 0 aliphatic heterocycles. The molecule has 2 aromatic carbocycles. The van der Waals surface area contributed by atoms with Crippen molar-refractivity contribution in [3.05, 3.63) is 70.0 Å². The van der Waals surface area contributed by atoms with Crippen molar-refractivity contribution in [1.82, 2.24) is 0 Å². The molecule has 0 heterocycles. The molecule has 1 nitrogen and oxygen atoms in total. The van der Waals surface area contributed by atoms with E-state index in [0.717, 1.165) is 55.2 Å². The summed E-state index contributed by atoms with van der Waals surface area (Å²) < 4.78 is 14.1. The van der Waals surface area contributed by atoms with Gasteiger partial charge in [-0.2, -0.15) is 5.26 Å². The Balaban J connectivity index is 1.63. The summed E-state index contributed by atoms with van der Waals surface area (Å²) in [5, 5.41) is 8.98. The smallest absolute Gasteiger partial charge is 0.126 e. The number of nitrogens with zero attached hydrogens (tertiary/aromatic N) is 1. The highest BCUT2D eigenvalue weighted by Crippen LogP contribution is 2.29. The number of fused-ring (bicyclic) bond motifs is 1. The molecule has 1 atom stereocenters. The van der Waals surface area contributed by atoms with Gasteiger partial charge in [0.1, 0.15) is 5.82 Å². The van der Waals surface area contributed by atoms with Gasteiger partial charge in [-0.1, -0.05) is 25.1 Å². The molecule has 2 aromatic rings. The highest BCUT2D eigenvalue weighted by atomic mass is 19.1. The molecule has 0 amide bonds. The lowest BCUT2D eigenvalue weighted by Crippen LogP contribution is -2.15. The molecule has 2 heteroatoms. The molecule has 0 saturated heterocycles. The fourth-order valence-corrected chi connectivity index (χ4v) is 3.52. The summed E-state index contributed by atoms with van der Waals surface area (Å²) in [4.78, 5) is 0. The van der Waals surface area contributed by atoms with Gasteiger partial charge in [-0.15, -0.1) is 0 Å². The Hall–Kier alpha value is -2.14. The molecular weight excluding hydrogens is 285 g/mol. The summed E-state index contributed by atoms with van der Waals surface area (Å²) in [7, 11) is 0. The van der Waals surface area contributed by atoms with Crippen molar-refractivity contribution in [2.45, 2.75) is 45.4 Å². The molecule has 1 unspecified atom stereocenters. The number of halogens is 1. The Bertz CT molecular complexity index is 742. The number of benzene rings is 2. The van der Waals surface area contributed by atoms with E-state index >= 15 is 0 Å². The molecule has 0 saturated carbocycles. The second-order valence-electron chi connectivity index (χ2n) is 6.52. The molecule has 0 N–H and O–H groups in total. The van der Waals surface area contributed by atoms with Gasteiger partial charge in [-0.25, -0.2) is 4.39 Å². The summed E-state index contributed by atoms with van der Waals surface area (Å²) in [5.74, 6) is 0.555. The van der Waals surface area contributed by atoms with E-state index in [0.29, 0.717) is 5.92 Å². The Morgan fingerprint density at radius 2 is 2.04 bits per heavy atom. The fraction of sp³-hybridized carbons (Fsp3) is 0.381. The monoisotopic (exact) mass is 307 g/mol. The first kappa shape index (κ1) is 15.7. The predicted molar refractivity (Wildman–Crippen MR) is 90.8 cm³/mol. The summed E-state index contributed by atoms with van der Waals surface area (Å²) in [5.41, 5.74) is 5.33. The van der Waals surface area contributed by atoms with Gasteiger partial charge in [0.25, 0.3) is 0 Å². The van der Waals surface area contributed by atoms with E-state index in [9.17, 15) is 4.39 Å². The van der Waals surface area contributed by atoms with E-state index in [1.54, 1.807) is 6.07 Å². The standard InChI is InChI=1S/C21H22FN/c1-2-15-3-7-18(21(22)13-15)8-4-16-5-9-20-12-17(14-23)6-10-19(20)11-16/h3,6-7,10,12-13,16H,2,4-5,8-9,11H2,1H3. The van der Waals surface area contributed by atoms with E-state index < -0.39 is 0 Å². The van der Waals surface area contributed by atoms with E-state index in [1.807, 2.05) is 31.2 Å². The topological polar surface area (TPSA) is 23.8 Å². The van der Waals surface area contributed by atoms with Crippen LogP contribution in [0.4, 0.5) is 4.39 Å². The first-order chi connectivity index (χ1) is 11.2. The average molecular weight is 307 g/mol. The highest BCUT2D eigenvalue weighted by Gasteiger charge is 2.19. The second kappa shape index (κ2) is 6.96. The molecule has 0 fully saturated rings. The van der Waals surface area contributed by atoms with Crippen LogP contribution in [0.2, 0.25) is 0 Å². The number of nitriles is 1. The van der Waals surface area contributed by atoms with Gasteiger partial charge in [-0.3, -0.25) is 0 Å². The van der Waals surface area contributed by atoms with Gasteiger partial charge in [-0.05, 0) is 84.9 Å². The molecule has 1 aliphatic carbocycles. The first-order valence-electron chi connectivity index (χ1n) is 8.48. The summed E-state index contributed by atoms with van der Waals surface area (Å²) in [6, 6.07) is 13.9. The van der Waals surface area contributed by atoms with Crippen molar-refractivity contribution in [2.24, 2.45) is 5.92 Å². The van der Waals surface area contributed by atoms with Crippen LogP contribution in [-0.4, -0.2) is 0 Å². The van der Waals surface area contributed by atoms with Gasteiger partial charge in [0.15, 0.2) is 0 Å². The van der Waals surface area contributed by atoms with Crippen LogP contribution in [0.15, 0.2) is 36.4 Å². The fourth-order valence-electron chi connectivity index (χ4n) is 3.52. The third kappa shape index (κ3) is 3.62. The van der Waals surface area contributed by atoms with Crippen molar-refractivity contribution < 1.29 is 4.39 Å². The van der Waals surface area contributed by atoms with Crippen molar-refractivity contribution in [1.29, 1.82) is 5.26 Å². The lowest BCUT2D eigenvalue weighted by atomic mass is 9.80. The number of hydrogen-bond donors (Lipinski definition) is 0. The molecule has 0 spiro atoms. The maximum absolute atomic E-state index is 14.1. The number of rotatable bonds is 4. The Morgan fingerprint density at radius 1 is 1.17 bits per heavy atom. The minimum absolute atomic E-state index is 0.0563. The van der Waals surface area contributed by atoms with Crippen LogP contribution in [-0.2, 0) is 25.7 Å². The zero-order valence-corrected chi connectivity index (χ0v) is 13.6. The lowest BCUT2D eigenvalue weighted by molar-refractivity contribution is 0.424. The molecule has 118 valence electrons. The van der Waals surface area contributed by atoms with Crippen LogP contribution in [0.3, 0.4) is 0 Å². The van der Waals surface area contributed by atoms with Crippen LogP contribution in [0.25, 0.3) is 0 Å². The Kier molecular flexibility index (Phi) is 4.76. The largest absolute Gasteiger partial charge is 0.207 e. The van der Waals surface area contributed by atoms with Crippen molar-refractivity contribution in [3.8, 4) is 6.07 Å². The molecule has 0 aromatic heterocycles. The molecule has 1 aliphatic rings. The Morgan fingerprint density at radius 3 is 2.78 bits per heavy atom. The first-order valence-corrected chi connectivity index (χ1v) is 8.48. The summed E-state index contributed by atoms with van der Waals surface area (Å²) >= 11 is 0. The molecular formula is C21H22FN. The molecule has 0 radical (unpaired) electrons. The normalized spacial score (nSPS) is 16.7. The summed E-state index contributed by atoms with van der Waals surface area (Å²) in [6.07, 6.45) is 5.94. The maximum atomic E-state index is 14.1. The second-order valence-corrected chi connectivity index (χ2v) is 6.52. The van der Waals surface area contributed by atoms with Crippen LogP contribution >= 0.6 is 0 Å². The van der Waals surface area contributed by atoms with E-state index in [1.165, 1.54) is 11.1 Å². The van der Waals surface area contributed by atoms with Crippen molar-refractivity contribution in [2.75, 3.05) is 0 Å². The predicted octanol–water partition coefficient (Wildman–Crippen LogP) is 5.00. The molecule has 3 rings (SSSR count). The highest BCUT2D eigenvalue weighted by molar-refractivity contribution is 5.39. The van der Waals surface area contributed by atoms with Gasteiger partial charge in [0.2, 0.25) is 0 Å². The molecule has 23 heavy (non-hydrogen) atoms. The third-order valence-corrected chi connectivity index (χ3v) is 5.01. The van der Waals surface area contributed by atoms with E-state index in [4.69, 9.17) is 5.26 Å². The lowest BCUT2D eigenvalue weighted by Gasteiger charge is -2.25. The van der Waals surface area contributed by atoms with Gasteiger partial charge >= 0.3 is 0 Å². The average Bonchev–Trinajstić information content (AvgIpc) is 2.60. The zero-order chi connectivity index (χ0) is 16.2. The maximum Gasteiger partial charge on any atom is 0.126 e. The minimum Gasteiger partial charge on any atom is -0.207 e. The van der Waals surface area contributed by atoms with Crippen LogP contribution in [0.5, 0.6) is 0 Å². The third-order valence-electron chi connectivity index (χ3n) is 5.01. The van der Waals surface area contributed by atoms with Crippen LogP contribution in [0, 0.1) is 23.1 Å². The van der Waals surface area contributed by atoms with E-state index in [-0.39, 0.29) is 5.82 Å². The zero-order valence-electron chi connectivity index (χ0n) is 13.6. The summed E-state index contributed by atoms with van der Waals surface area (Å²) in [6.45, 7) is 2.05. The van der Waals surface area contributed by atoms with Gasteiger partial charge < -0.3 is 0 Å². The molecule has 0 bridgehead atoms. The van der Waals surface area contributed by atoms with Crippen LogP contribution in [0.1, 0.15) is 47.6 Å². The SMILES string of the molecule is CCc1ccc(CCC2CCc3cc(C#N)ccc3C2)c(F)c1. The van der Waals surface area contributed by atoms with Crippen molar-refractivity contribution in [3.63, 3.8) is 0 Å². The quantitative estimate of drug-likeness (QED) is 0.780.